The molecule has 0 saturated heterocycles. The van der Waals surface area contributed by atoms with E-state index < -0.39 is 0 Å². The zero-order chi connectivity index (χ0) is 13.0. The number of anilines is 2. The Hall–Kier alpha value is -2.24. The van der Waals surface area contributed by atoms with Gasteiger partial charge in [0.05, 0.1) is 12.2 Å². The number of para-hydroxylation sites is 1. The summed E-state index contributed by atoms with van der Waals surface area (Å²) in [4.78, 5) is 15.6. The number of aromatic nitrogens is 1. The monoisotopic (exact) mass is 248 g/mol. The number of nitrogens with zero attached hydrogens (tertiary/aromatic N) is 1. The summed E-state index contributed by atoms with van der Waals surface area (Å²) in [6.07, 6.45) is 0.908. The molecular weight excluding hydrogens is 232 g/mol. The summed E-state index contributed by atoms with van der Waals surface area (Å²) in [5.74, 6) is -0.0907. The van der Waals surface area contributed by atoms with Crippen molar-refractivity contribution >= 4 is 28.7 Å². The van der Waals surface area contributed by atoms with Crippen LogP contribution < -0.4 is 16.4 Å². The van der Waals surface area contributed by atoms with Crippen LogP contribution in [-0.4, -0.2) is 24.0 Å². The van der Waals surface area contributed by atoms with Gasteiger partial charge in [0.1, 0.15) is 5.52 Å². The zero-order valence-electron chi connectivity index (χ0n) is 10.2. The van der Waals surface area contributed by atoms with Gasteiger partial charge in [-0.15, -0.1) is 0 Å². The number of nitrogens with one attached hydrogen (secondary N) is 2. The number of hydrogen-bond donors (Lipinski definition) is 3. The lowest BCUT2D eigenvalue weighted by Crippen LogP contribution is -2.30. The Morgan fingerprint density at radius 1 is 1.50 bits per heavy atom. The van der Waals surface area contributed by atoms with E-state index in [-0.39, 0.29) is 12.5 Å². The van der Waals surface area contributed by atoms with Crippen molar-refractivity contribution in [2.75, 3.05) is 24.1 Å². The number of hydrogen-bond acceptors (Lipinski definition) is 5. The largest absolute Gasteiger partial charge is 0.423 e. The van der Waals surface area contributed by atoms with Crippen molar-refractivity contribution in [1.29, 1.82) is 0 Å². The molecule has 0 aliphatic rings. The minimum absolute atomic E-state index is 0.0907. The second-order valence-electron chi connectivity index (χ2n) is 3.92. The average Bonchev–Trinajstić information content (AvgIpc) is 2.78. The van der Waals surface area contributed by atoms with E-state index >= 15 is 0 Å². The molecule has 6 nitrogen and oxygen atoms in total. The zero-order valence-corrected chi connectivity index (χ0v) is 10.2. The highest BCUT2D eigenvalue weighted by molar-refractivity contribution is 5.87. The van der Waals surface area contributed by atoms with E-state index in [1.165, 1.54) is 0 Å². The average molecular weight is 248 g/mol. The summed E-state index contributed by atoms with van der Waals surface area (Å²) >= 11 is 0. The lowest BCUT2D eigenvalue weighted by atomic mass is 10.3. The molecule has 18 heavy (non-hydrogen) atoms. The van der Waals surface area contributed by atoms with Gasteiger partial charge in [0.25, 0.3) is 6.01 Å². The molecule has 0 radical (unpaired) electrons. The van der Waals surface area contributed by atoms with E-state index in [9.17, 15) is 4.79 Å². The molecule has 2 rings (SSSR count). The topological polar surface area (TPSA) is 93.2 Å². The van der Waals surface area contributed by atoms with Crippen molar-refractivity contribution in [1.82, 2.24) is 10.3 Å². The fraction of sp³-hybridized carbons (Fsp3) is 0.333. The van der Waals surface area contributed by atoms with Gasteiger partial charge in [-0.1, -0.05) is 13.0 Å². The number of rotatable bonds is 5. The van der Waals surface area contributed by atoms with Crippen LogP contribution in [0.3, 0.4) is 0 Å². The highest BCUT2D eigenvalue weighted by atomic mass is 16.4. The van der Waals surface area contributed by atoms with Gasteiger partial charge in [0.15, 0.2) is 5.58 Å². The summed E-state index contributed by atoms with van der Waals surface area (Å²) in [5.41, 5.74) is 7.53. The molecular formula is C12H16N4O2. The Kier molecular flexibility index (Phi) is 3.66. The third-order valence-corrected chi connectivity index (χ3v) is 2.42. The van der Waals surface area contributed by atoms with Crippen LogP contribution in [0.15, 0.2) is 22.6 Å². The molecule has 0 unspecified atom stereocenters. The summed E-state index contributed by atoms with van der Waals surface area (Å²) in [6, 6.07) is 5.62. The highest BCUT2D eigenvalue weighted by Crippen LogP contribution is 2.23. The van der Waals surface area contributed by atoms with E-state index in [1.807, 2.05) is 6.92 Å². The van der Waals surface area contributed by atoms with E-state index in [0.29, 0.717) is 29.3 Å². The van der Waals surface area contributed by atoms with E-state index in [0.717, 1.165) is 6.42 Å². The van der Waals surface area contributed by atoms with Gasteiger partial charge < -0.3 is 20.8 Å². The lowest BCUT2D eigenvalue weighted by Gasteiger charge is -2.02. The Labute approximate surface area is 105 Å². The Bertz CT molecular complexity index is 550. The third-order valence-electron chi connectivity index (χ3n) is 2.42. The van der Waals surface area contributed by atoms with Crippen molar-refractivity contribution in [2.45, 2.75) is 13.3 Å². The van der Waals surface area contributed by atoms with E-state index in [1.54, 1.807) is 18.2 Å². The van der Waals surface area contributed by atoms with E-state index in [2.05, 4.69) is 15.6 Å². The molecule has 0 aliphatic carbocycles. The van der Waals surface area contributed by atoms with Crippen LogP contribution >= 0.6 is 0 Å². The molecule has 0 aliphatic heterocycles. The van der Waals surface area contributed by atoms with Crippen LogP contribution in [0.25, 0.3) is 11.1 Å². The Morgan fingerprint density at radius 3 is 3.06 bits per heavy atom. The van der Waals surface area contributed by atoms with Crippen molar-refractivity contribution in [2.24, 2.45) is 0 Å². The predicted molar refractivity (Wildman–Crippen MR) is 70.2 cm³/mol. The lowest BCUT2D eigenvalue weighted by molar-refractivity contribution is -0.119. The highest BCUT2D eigenvalue weighted by Gasteiger charge is 2.08. The van der Waals surface area contributed by atoms with Gasteiger partial charge in [-0.3, -0.25) is 4.79 Å². The number of nitrogen functional groups attached to an aromatic ring is 1. The van der Waals surface area contributed by atoms with Crippen LogP contribution in [-0.2, 0) is 4.79 Å². The van der Waals surface area contributed by atoms with Crippen molar-refractivity contribution in [3.05, 3.63) is 18.2 Å². The molecule has 1 amide bonds. The van der Waals surface area contributed by atoms with Gasteiger partial charge >= 0.3 is 0 Å². The SMILES string of the molecule is CCCNC(=O)CNc1nc2c(N)cccc2o1. The Morgan fingerprint density at radius 2 is 2.33 bits per heavy atom. The number of benzene rings is 1. The Balaban J connectivity index is 2.00. The third kappa shape index (κ3) is 2.71. The summed E-state index contributed by atoms with van der Waals surface area (Å²) in [5, 5.41) is 5.58. The molecule has 1 aromatic carbocycles. The maximum absolute atomic E-state index is 11.4. The molecule has 96 valence electrons. The van der Waals surface area contributed by atoms with Crippen LogP contribution in [0, 0.1) is 0 Å². The molecule has 0 spiro atoms. The molecule has 1 heterocycles. The summed E-state index contributed by atoms with van der Waals surface area (Å²) in [7, 11) is 0. The quantitative estimate of drug-likeness (QED) is 0.694. The molecule has 4 N–H and O–H groups in total. The number of nitrogens with two attached hydrogens (primary N) is 1. The minimum Gasteiger partial charge on any atom is -0.423 e. The van der Waals surface area contributed by atoms with Crippen molar-refractivity contribution < 1.29 is 9.21 Å². The fourth-order valence-corrected chi connectivity index (χ4v) is 1.53. The van der Waals surface area contributed by atoms with Gasteiger partial charge in [-0.25, -0.2) is 0 Å². The normalized spacial score (nSPS) is 10.5. The second kappa shape index (κ2) is 5.39. The fourth-order valence-electron chi connectivity index (χ4n) is 1.53. The number of carbonyl (C=O) groups excluding carboxylic acids is 1. The summed E-state index contributed by atoms with van der Waals surface area (Å²) < 4.78 is 5.42. The van der Waals surface area contributed by atoms with Gasteiger partial charge in [0.2, 0.25) is 5.91 Å². The molecule has 6 heteroatoms. The molecule has 0 atom stereocenters. The van der Waals surface area contributed by atoms with Crippen LogP contribution in [0.4, 0.5) is 11.7 Å². The van der Waals surface area contributed by atoms with Crippen molar-refractivity contribution in [3.63, 3.8) is 0 Å². The van der Waals surface area contributed by atoms with Gasteiger partial charge in [-0.2, -0.15) is 4.98 Å². The predicted octanol–water partition coefficient (Wildman–Crippen LogP) is 1.35. The van der Waals surface area contributed by atoms with Crippen molar-refractivity contribution in [3.8, 4) is 0 Å². The van der Waals surface area contributed by atoms with Crippen LogP contribution in [0.1, 0.15) is 13.3 Å². The maximum atomic E-state index is 11.4. The number of oxazole rings is 1. The first-order chi connectivity index (χ1) is 8.70. The maximum Gasteiger partial charge on any atom is 0.296 e. The summed E-state index contributed by atoms with van der Waals surface area (Å²) in [6.45, 7) is 2.80. The molecule has 0 bridgehead atoms. The molecule has 0 fully saturated rings. The number of fused-ring (bicyclic) bond motifs is 1. The minimum atomic E-state index is -0.0907. The number of amides is 1. The number of carbonyl (C=O) groups is 1. The molecule has 1 aromatic heterocycles. The first kappa shape index (κ1) is 12.2. The van der Waals surface area contributed by atoms with Gasteiger partial charge in [-0.05, 0) is 18.6 Å². The van der Waals surface area contributed by atoms with Crippen LogP contribution in [0.2, 0.25) is 0 Å². The second-order valence-corrected chi connectivity index (χ2v) is 3.92. The standard InChI is InChI=1S/C12H16N4O2/c1-2-6-14-10(17)7-15-12-16-11-8(13)4-3-5-9(11)18-12/h3-5H,2,6-7,13H2,1H3,(H,14,17)(H,15,16). The molecule has 2 aromatic rings. The van der Waals surface area contributed by atoms with Gasteiger partial charge in [0, 0.05) is 6.54 Å². The van der Waals surface area contributed by atoms with E-state index in [4.69, 9.17) is 10.2 Å². The molecule has 0 saturated carbocycles. The first-order valence-corrected chi connectivity index (χ1v) is 5.86. The smallest absolute Gasteiger partial charge is 0.296 e. The first-order valence-electron chi connectivity index (χ1n) is 5.86. The van der Waals surface area contributed by atoms with Crippen LogP contribution in [0.5, 0.6) is 0 Å².